The molecule has 1 heterocycles. The minimum Gasteiger partial charge on any atom is -0.393 e. The van der Waals surface area contributed by atoms with Crippen LogP contribution in [0, 0.1) is 5.92 Å². The number of benzene rings is 1. The molecule has 1 aliphatic carbocycles. The minimum absolute atomic E-state index is 0.0686. The maximum Gasteiger partial charge on any atom is 0.0540 e. The Labute approximate surface area is 126 Å². The molecule has 0 spiro atoms. The van der Waals surface area contributed by atoms with E-state index in [1.54, 1.807) is 0 Å². The number of aromatic nitrogens is 1. The van der Waals surface area contributed by atoms with E-state index in [-0.39, 0.29) is 6.10 Å². The summed E-state index contributed by atoms with van der Waals surface area (Å²) in [6, 6.07) is 8.72. The number of pyridine rings is 1. The topological polar surface area (TPSA) is 45.1 Å². The fourth-order valence-corrected chi connectivity index (χ4v) is 3.29. The van der Waals surface area contributed by atoms with Crippen LogP contribution in [-0.2, 0) is 0 Å². The van der Waals surface area contributed by atoms with Crippen molar-refractivity contribution in [1.82, 2.24) is 10.3 Å². The molecule has 3 heteroatoms. The van der Waals surface area contributed by atoms with Gasteiger partial charge in [0.25, 0.3) is 0 Å². The predicted octanol–water partition coefficient (Wildman–Crippen LogP) is 3.44. The number of hydrogen-bond donors (Lipinski definition) is 2. The largest absolute Gasteiger partial charge is 0.393 e. The van der Waals surface area contributed by atoms with E-state index in [0.717, 1.165) is 32.2 Å². The minimum atomic E-state index is -0.0686. The molecule has 0 radical (unpaired) electrons. The Morgan fingerprint density at radius 1 is 1.19 bits per heavy atom. The zero-order valence-corrected chi connectivity index (χ0v) is 12.6. The number of nitrogens with one attached hydrogen (secondary N) is 1. The maximum atomic E-state index is 9.57. The molecule has 2 N–H and O–H groups in total. The van der Waals surface area contributed by atoms with Crippen molar-refractivity contribution in [3.63, 3.8) is 0 Å². The van der Waals surface area contributed by atoms with Gasteiger partial charge in [0.2, 0.25) is 0 Å². The number of rotatable bonds is 4. The third-order valence-corrected chi connectivity index (χ3v) is 4.69. The van der Waals surface area contributed by atoms with Gasteiger partial charge in [-0.3, -0.25) is 4.98 Å². The molecule has 1 aromatic carbocycles. The monoisotopic (exact) mass is 284 g/mol. The van der Waals surface area contributed by atoms with Crippen LogP contribution in [0.1, 0.15) is 44.2 Å². The van der Waals surface area contributed by atoms with Crippen LogP contribution in [0.4, 0.5) is 0 Å². The summed E-state index contributed by atoms with van der Waals surface area (Å²) in [6.07, 6.45) is 8.01. The zero-order valence-electron chi connectivity index (χ0n) is 12.6. The molecule has 0 bridgehead atoms. The van der Waals surface area contributed by atoms with Gasteiger partial charge in [0.15, 0.2) is 0 Å². The molecule has 1 atom stereocenters. The summed E-state index contributed by atoms with van der Waals surface area (Å²) in [7, 11) is 0. The van der Waals surface area contributed by atoms with Gasteiger partial charge >= 0.3 is 0 Å². The highest BCUT2D eigenvalue weighted by Crippen LogP contribution is 2.26. The summed E-state index contributed by atoms with van der Waals surface area (Å²) in [5.74, 6) is 0.693. The van der Waals surface area contributed by atoms with Crippen LogP contribution < -0.4 is 5.32 Å². The zero-order chi connectivity index (χ0) is 14.7. The molecule has 0 amide bonds. The van der Waals surface area contributed by atoms with Crippen molar-refractivity contribution in [3.05, 3.63) is 42.2 Å². The van der Waals surface area contributed by atoms with Gasteiger partial charge in [0.1, 0.15) is 0 Å². The van der Waals surface area contributed by atoms with Crippen LogP contribution >= 0.6 is 0 Å². The summed E-state index contributed by atoms with van der Waals surface area (Å²) < 4.78 is 0. The van der Waals surface area contributed by atoms with Crippen molar-refractivity contribution in [1.29, 1.82) is 0 Å². The van der Waals surface area contributed by atoms with Crippen molar-refractivity contribution in [2.75, 3.05) is 6.54 Å². The number of nitrogens with zero attached hydrogens (tertiary/aromatic N) is 1. The SMILES string of the molecule is CC(NCC1CCC(O)CC1)c1cncc2ccccc12. The van der Waals surface area contributed by atoms with Crippen LogP contribution in [0.5, 0.6) is 0 Å². The third kappa shape index (κ3) is 3.42. The first kappa shape index (κ1) is 14.5. The number of hydrogen-bond acceptors (Lipinski definition) is 3. The lowest BCUT2D eigenvalue weighted by atomic mass is 9.87. The summed E-state index contributed by atoms with van der Waals surface area (Å²) >= 11 is 0. The summed E-state index contributed by atoms with van der Waals surface area (Å²) in [5, 5.41) is 15.7. The second-order valence-electron chi connectivity index (χ2n) is 6.25. The maximum absolute atomic E-state index is 9.57. The highest BCUT2D eigenvalue weighted by atomic mass is 16.3. The van der Waals surface area contributed by atoms with Crippen LogP contribution in [0.25, 0.3) is 10.8 Å². The molecule has 1 unspecified atom stereocenters. The van der Waals surface area contributed by atoms with Gasteiger partial charge in [-0.05, 0) is 56.0 Å². The quantitative estimate of drug-likeness (QED) is 0.904. The first-order valence-electron chi connectivity index (χ1n) is 7.98. The lowest BCUT2D eigenvalue weighted by Gasteiger charge is -2.27. The van der Waals surface area contributed by atoms with E-state index in [1.165, 1.54) is 16.3 Å². The Bertz CT molecular complexity index is 585. The van der Waals surface area contributed by atoms with E-state index >= 15 is 0 Å². The molecule has 0 saturated heterocycles. The first-order chi connectivity index (χ1) is 10.2. The van der Waals surface area contributed by atoms with E-state index in [0.29, 0.717) is 12.0 Å². The Morgan fingerprint density at radius 3 is 2.76 bits per heavy atom. The van der Waals surface area contributed by atoms with Gasteiger partial charge in [-0.2, -0.15) is 0 Å². The van der Waals surface area contributed by atoms with Crippen LogP contribution in [-0.4, -0.2) is 22.7 Å². The smallest absolute Gasteiger partial charge is 0.0540 e. The molecule has 1 saturated carbocycles. The number of aliphatic hydroxyl groups excluding tert-OH is 1. The third-order valence-electron chi connectivity index (χ3n) is 4.69. The Morgan fingerprint density at radius 2 is 1.95 bits per heavy atom. The van der Waals surface area contributed by atoms with E-state index in [2.05, 4.69) is 41.5 Å². The van der Waals surface area contributed by atoms with Gasteiger partial charge in [-0.1, -0.05) is 24.3 Å². The van der Waals surface area contributed by atoms with Crippen molar-refractivity contribution in [3.8, 4) is 0 Å². The summed E-state index contributed by atoms with van der Waals surface area (Å²) in [6.45, 7) is 3.23. The van der Waals surface area contributed by atoms with Gasteiger partial charge in [0.05, 0.1) is 6.10 Å². The molecule has 3 rings (SSSR count). The Hall–Kier alpha value is -1.45. The van der Waals surface area contributed by atoms with Crippen molar-refractivity contribution in [2.45, 2.75) is 44.8 Å². The van der Waals surface area contributed by atoms with Crippen molar-refractivity contribution >= 4 is 10.8 Å². The van der Waals surface area contributed by atoms with E-state index in [1.807, 2.05) is 12.4 Å². The molecule has 112 valence electrons. The van der Waals surface area contributed by atoms with E-state index < -0.39 is 0 Å². The highest BCUT2D eigenvalue weighted by molar-refractivity contribution is 5.84. The predicted molar refractivity (Wildman–Crippen MR) is 86.1 cm³/mol. The lowest BCUT2D eigenvalue weighted by Crippen LogP contribution is -2.29. The second-order valence-corrected chi connectivity index (χ2v) is 6.25. The fourth-order valence-electron chi connectivity index (χ4n) is 3.29. The molecule has 0 aliphatic heterocycles. The normalized spacial score (nSPS) is 24.1. The van der Waals surface area contributed by atoms with Gasteiger partial charge < -0.3 is 10.4 Å². The number of aliphatic hydroxyl groups is 1. The molecule has 1 fully saturated rings. The van der Waals surface area contributed by atoms with Gasteiger partial charge in [-0.15, -0.1) is 0 Å². The molecule has 21 heavy (non-hydrogen) atoms. The molecular formula is C18H24N2O. The molecule has 3 nitrogen and oxygen atoms in total. The van der Waals surface area contributed by atoms with Crippen molar-refractivity contribution in [2.24, 2.45) is 5.92 Å². The fraction of sp³-hybridized carbons (Fsp3) is 0.500. The molecule has 1 aromatic heterocycles. The molecule has 1 aliphatic rings. The Balaban J connectivity index is 1.65. The van der Waals surface area contributed by atoms with Gasteiger partial charge in [0, 0.05) is 23.8 Å². The van der Waals surface area contributed by atoms with E-state index in [9.17, 15) is 5.11 Å². The van der Waals surface area contributed by atoms with Gasteiger partial charge in [-0.25, -0.2) is 0 Å². The Kier molecular flexibility index (Phi) is 4.51. The van der Waals surface area contributed by atoms with Crippen LogP contribution in [0.3, 0.4) is 0 Å². The summed E-state index contributed by atoms with van der Waals surface area (Å²) in [4.78, 5) is 4.37. The first-order valence-corrected chi connectivity index (χ1v) is 7.98. The standard InChI is InChI=1S/C18H24N2O/c1-13(20-10-14-6-8-16(21)9-7-14)18-12-19-11-15-4-2-3-5-17(15)18/h2-5,11-14,16,20-21H,6-10H2,1H3. The highest BCUT2D eigenvalue weighted by Gasteiger charge is 2.20. The van der Waals surface area contributed by atoms with E-state index in [4.69, 9.17) is 0 Å². The average molecular weight is 284 g/mol. The van der Waals surface area contributed by atoms with Crippen molar-refractivity contribution < 1.29 is 5.11 Å². The summed E-state index contributed by atoms with van der Waals surface area (Å²) in [5.41, 5.74) is 1.27. The van der Waals surface area contributed by atoms with Crippen LogP contribution in [0.2, 0.25) is 0 Å². The average Bonchev–Trinajstić information content (AvgIpc) is 2.53. The second kappa shape index (κ2) is 6.54. The number of fused-ring (bicyclic) bond motifs is 1. The molecular weight excluding hydrogens is 260 g/mol. The lowest BCUT2D eigenvalue weighted by molar-refractivity contribution is 0.108. The van der Waals surface area contributed by atoms with Crippen LogP contribution in [0.15, 0.2) is 36.7 Å². The molecule has 2 aromatic rings.